The zero-order valence-electron chi connectivity index (χ0n) is 12.5. The van der Waals surface area contributed by atoms with Crippen molar-refractivity contribution >= 4 is 30.8 Å². The van der Waals surface area contributed by atoms with Gasteiger partial charge in [0, 0.05) is 14.2 Å². The van der Waals surface area contributed by atoms with E-state index in [0.29, 0.717) is 0 Å². The van der Waals surface area contributed by atoms with Crippen molar-refractivity contribution < 1.29 is 8.85 Å². The Hall–Kier alpha value is -1.68. The number of rotatable bonds is 5. The summed E-state index contributed by atoms with van der Waals surface area (Å²) in [5.41, 5.74) is 1.38. The van der Waals surface area contributed by atoms with Gasteiger partial charge in [-0.15, -0.1) is 0 Å². The van der Waals surface area contributed by atoms with Crippen molar-refractivity contribution in [1.82, 2.24) is 0 Å². The van der Waals surface area contributed by atoms with Crippen LogP contribution in [0.15, 0.2) is 54.6 Å². The Kier molecular flexibility index (Phi) is 4.34. The van der Waals surface area contributed by atoms with Crippen LogP contribution in [0.2, 0.25) is 6.04 Å². The molecule has 0 aromatic heterocycles. The molecule has 0 heterocycles. The van der Waals surface area contributed by atoms with E-state index in [1.54, 1.807) is 14.2 Å². The molecule has 3 aromatic carbocycles. The van der Waals surface area contributed by atoms with E-state index < -0.39 is 9.28 Å². The maximum Gasteiger partial charge on any atom is 0.321 e. The third-order valence-electron chi connectivity index (χ3n) is 4.01. The Morgan fingerprint density at radius 1 is 0.810 bits per heavy atom. The lowest BCUT2D eigenvalue weighted by atomic mass is 9.99. The summed E-state index contributed by atoms with van der Waals surface area (Å²) in [7, 11) is 2.00. The van der Waals surface area contributed by atoms with Crippen molar-refractivity contribution in [3.63, 3.8) is 0 Å². The van der Waals surface area contributed by atoms with Gasteiger partial charge in [0.2, 0.25) is 0 Å². The molecule has 0 N–H and O–H groups in total. The molecule has 3 heteroatoms. The molecule has 0 radical (unpaired) electrons. The lowest BCUT2D eigenvalue weighted by molar-refractivity contribution is 0.277. The minimum absolute atomic E-state index is 0.999. The van der Waals surface area contributed by atoms with Crippen LogP contribution in [0.3, 0.4) is 0 Å². The van der Waals surface area contributed by atoms with Crippen LogP contribution in [-0.4, -0.2) is 23.5 Å². The minimum atomic E-state index is -1.49. The van der Waals surface area contributed by atoms with Gasteiger partial charge in [0.1, 0.15) is 0 Å². The Bertz CT molecular complexity index is 750. The largest absolute Gasteiger partial charge is 0.400 e. The van der Waals surface area contributed by atoms with E-state index in [9.17, 15) is 0 Å². The zero-order chi connectivity index (χ0) is 14.7. The van der Waals surface area contributed by atoms with E-state index in [0.717, 1.165) is 12.5 Å². The van der Waals surface area contributed by atoms with E-state index in [-0.39, 0.29) is 0 Å². The molecule has 0 amide bonds. The van der Waals surface area contributed by atoms with Crippen molar-refractivity contribution in [2.75, 3.05) is 14.2 Å². The van der Waals surface area contributed by atoms with Crippen molar-refractivity contribution in [1.29, 1.82) is 0 Å². The topological polar surface area (TPSA) is 18.5 Å². The first-order valence-corrected chi connectivity index (χ1v) is 9.04. The predicted molar refractivity (Wildman–Crippen MR) is 91.1 cm³/mol. The van der Waals surface area contributed by atoms with Crippen LogP contribution >= 0.6 is 0 Å². The fraction of sp³-hybridized carbons (Fsp3) is 0.222. The van der Waals surface area contributed by atoms with E-state index >= 15 is 0 Å². The van der Waals surface area contributed by atoms with Crippen LogP contribution in [-0.2, 0) is 15.3 Å². The molecule has 2 nitrogen and oxygen atoms in total. The van der Waals surface area contributed by atoms with Gasteiger partial charge in [0.25, 0.3) is 0 Å². The summed E-state index contributed by atoms with van der Waals surface area (Å²) in [6.07, 6.45) is 1.01. The summed E-state index contributed by atoms with van der Waals surface area (Å²) < 4.78 is 10.8. The molecule has 0 spiro atoms. The number of benzene rings is 3. The molecule has 0 saturated heterocycles. The molecule has 0 saturated carbocycles. The van der Waals surface area contributed by atoms with Gasteiger partial charge in [-0.3, -0.25) is 0 Å². The second kappa shape index (κ2) is 6.39. The Labute approximate surface area is 127 Å². The average Bonchev–Trinajstić information content (AvgIpc) is 2.54. The monoisotopic (exact) mass is 296 g/mol. The fourth-order valence-corrected chi connectivity index (χ4v) is 4.07. The molecule has 0 fully saturated rings. The van der Waals surface area contributed by atoms with Crippen LogP contribution < -0.4 is 0 Å². The highest BCUT2D eigenvalue weighted by atomic mass is 28.3. The van der Waals surface area contributed by atoms with Crippen molar-refractivity contribution in [2.24, 2.45) is 0 Å². The summed E-state index contributed by atoms with van der Waals surface area (Å²) in [5.74, 6) is 0. The summed E-state index contributed by atoms with van der Waals surface area (Å²) in [5, 5.41) is 5.24. The average molecular weight is 296 g/mol. The second-order valence-electron chi connectivity index (χ2n) is 5.28. The first kappa shape index (κ1) is 14.3. The van der Waals surface area contributed by atoms with E-state index in [2.05, 4.69) is 54.6 Å². The standard InChI is InChI=1S/C18H20O2Si/c1-19-21(20-2)11-10-14-8-5-9-17-12-15-6-3-4-7-16(15)13-18(14)17/h3-9,12-13,21H,10-11H2,1-2H3. The van der Waals surface area contributed by atoms with Gasteiger partial charge in [-0.2, -0.15) is 0 Å². The number of fused-ring (bicyclic) bond motifs is 2. The molecule has 108 valence electrons. The van der Waals surface area contributed by atoms with Gasteiger partial charge >= 0.3 is 9.28 Å². The van der Waals surface area contributed by atoms with Gasteiger partial charge in [0.05, 0.1) is 0 Å². The first-order valence-electron chi connectivity index (χ1n) is 7.28. The van der Waals surface area contributed by atoms with Gasteiger partial charge in [-0.1, -0.05) is 42.5 Å². The predicted octanol–water partition coefficient (Wildman–Crippen LogP) is 4.05. The van der Waals surface area contributed by atoms with Crippen LogP contribution in [0.25, 0.3) is 21.5 Å². The van der Waals surface area contributed by atoms with Gasteiger partial charge < -0.3 is 8.85 Å². The molecule has 21 heavy (non-hydrogen) atoms. The van der Waals surface area contributed by atoms with Crippen LogP contribution in [0.1, 0.15) is 5.56 Å². The minimum Gasteiger partial charge on any atom is -0.400 e. The Morgan fingerprint density at radius 3 is 2.19 bits per heavy atom. The summed E-state index contributed by atoms with van der Waals surface area (Å²) in [6.45, 7) is 0. The highest BCUT2D eigenvalue weighted by molar-refractivity contribution is 6.44. The SMILES string of the molecule is CO[SiH](CCc1cccc2cc3ccccc3cc12)OC. The summed E-state index contributed by atoms with van der Waals surface area (Å²) in [4.78, 5) is 0. The highest BCUT2D eigenvalue weighted by Gasteiger charge is 2.11. The smallest absolute Gasteiger partial charge is 0.321 e. The maximum atomic E-state index is 5.42. The fourth-order valence-electron chi connectivity index (χ4n) is 2.85. The highest BCUT2D eigenvalue weighted by Crippen LogP contribution is 2.26. The van der Waals surface area contributed by atoms with Crippen LogP contribution in [0.5, 0.6) is 0 Å². The second-order valence-corrected chi connectivity index (χ2v) is 7.66. The van der Waals surface area contributed by atoms with Gasteiger partial charge in [-0.25, -0.2) is 0 Å². The Morgan fingerprint density at radius 2 is 1.48 bits per heavy atom. The van der Waals surface area contributed by atoms with Gasteiger partial charge in [0.15, 0.2) is 0 Å². The third-order valence-corrected chi connectivity index (χ3v) is 5.82. The summed E-state index contributed by atoms with van der Waals surface area (Å²) in [6, 6.07) is 20.6. The lowest BCUT2D eigenvalue weighted by Crippen LogP contribution is -2.19. The molecule has 0 aliphatic rings. The third kappa shape index (κ3) is 3.00. The van der Waals surface area contributed by atoms with Crippen LogP contribution in [0.4, 0.5) is 0 Å². The molecule has 0 bridgehead atoms. The van der Waals surface area contributed by atoms with E-state index in [1.165, 1.54) is 27.1 Å². The molecule has 0 aliphatic heterocycles. The van der Waals surface area contributed by atoms with Crippen molar-refractivity contribution in [2.45, 2.75) is 12.5 Å². The molecule has 0 aliphatic carbocycles. The van der Waals surface area contributed by atoms with Gasteiger partial charge in [-0.05, 0) is 51.7 Å². The lowest BCUT2D eigenvalue weighted by Gasteiger charge is -2.12. The van der Waals surface area contributed by atoms with Crippen LogP contribution in [0, 0.1) is 0 Å². The van der Waals surface area contributed by atoms with E-state index in [4.69, 9.17) is 8.85 Å². The summed E-state index contributed by atoms with van der Waals surface area (Å²) >= 11 is 0. The zero-order valence-corrected chi connectivity index (χ0v) is 13.7. The first-order chi connectivity index (χ1) is 10.3. The molecule has 3 aromatic rings. The Balaban J connectivity index is 2.00. The maximum absolute atomic E-state index is 5.42. The molecule has 3 rings (SSSR count). The van der Waals surface area contributed by atoms with E-state index in [1.807, 2.05) is 0 Å². The quantitative estimate of drug-likeness (QED) is 0.522. The number of hydrogen-bond donors (Lipinski definition) is 0. The van der Waals surface area contributed by atoms with Crippen molar-refractivity contribution in [3.8, 4) is 0 Å². The molecular weight excluding hydrogens is 276 g/mol. The molecule has 0 atom stereocenters. The van der Waals surface area contributed by atoms with Crippen molar-refractivity contribution in [3.05, 3.63) is 60.2 Å². The molecule has 0 unspecified atom stereocenters. The number of hydrogen-bond acceptors (Lipinski definition) is 2. The normalized spacial score (nSPS) is 11.6. The number of aryl methyl sites for hydroxylation is 1. The molecular formula is C18H20O2Si.